The lowest BCUT2D eigenvalue weighted by Gasteiger charge is -2.33. The van der Waals surface area contributed by atoms with Gasteiger partial charge in [0.25, 0.3) is 5.60 Å². The number of amides is 1. The van der Waals surface area contributed by atoms with Gasteiger partial charge in [0.05, 0.1) is 6.42 Å². The molecule has 0 spiro atoms. The van der Waals surface area contributed by atoms with Gasteiger partial charge in [0.15, 0.2) is 0 Å². The molecule has 0 saturated heterocycles. The maximum Gasteiger partial charge on any atom is 0.430 e. The molecule has 1 fully saturated rings. The molecule has 1 saturated carbocycles. The predicted molar refractivity (Wildman–Crippen MR) is 115 cm³/mol. The van der Waals surface area contributed by atoms with Crippen LogP contribution in [0.2, 0.25) is 5.02 Å². The number of nitrogens with one attached hydrogen (secondary N) is 1. The Morgan fingerprint density at radius 3 is 2.24 bits per heavy atom. The first-order valence-corrected chi connectivity index (χ1v) is 12.1. The highest BCUT2D eigenvalue weighted by molar-refractivity contribution is 8.00. The van der Waals surface area contributed by atoms with E-state index in [2.05, 4.69) is 16.2 Å². The van der Waals surface area contributed by atoms with Crippen molar-refractivity contribution in [2.75, 3.05) is 11.1 Å². The Bertz CT molecular complexity index is 1160. The molecule has 2 N–H and O–H groups in total. The molecule has 5 nitrogen and oxygen atoms in total. The van der Waals surface area contributed by atoms with E-state index in [1.165, 1.54) is 18.3 Å². The van der Waals surface area contributed by atoms with Crippen LogP contribution in [0.3, 0.4) is 0 Å². The van der Waals surface area contributed by atoms with Crippen LogP contribution in [-0.2, 0) is 26.3 Å². The summed E-state index contributed by atoms with van der Waals surface area (Å²) >= 11 is 5.62. The van der Waals surface area contributed by atoms with E-state index in [9.17, 15) is 40.5 Å². The summed E-state index contributed by atoms with van der Waals surface area (Å²) < 4.78 is 91.0. The van der Waals surface area contributed by atoms with E-state index in [0.717, 1.165) is 18.9 Å². The van der Waals surface area contributed by atoms with Gasteiger partial charge in [0, 0.05) is 37.7 Å². The third-order valence-electron chi connectivity index (χ3n) is 5.21. The first kappa shape index (κ1) is 26.3. The lowest BCUT2D eigenvalue weighted by atomic mass is 9.92. The van der Waals surface area contributed by atoms with Crippen molar-refractivity contribution in [1.29, 1.82) is 0 Å². The van der Waals surface area contributed by atoms with Crippen molar-refractivity contribution in [2.45, 2.75) is 42.2 Å². The molecule has 1 aliphatic rings. The summed E-state index contributed by atoms with van der Waals surface area (Å²) in [6.07, 6.45) is -9.06. The lowest BCUT2D eigenvalue weighted by molar-refractivity contribution is -0.376. The molecule has 1 heterocycles. The van der Waals surface area contributed by atoms with E-state index in [4.69, 9.17) is 11.6 Å². The Labute approximate surface area is 196 Å². The van der Waals surface area contributed by atoms with E-state index in [0.29, 0.717) is 34.4 Å². The van der Waals surface area contributed by atoms with Crippen LogP contribution >= 0.6 is 11.6 Å². The Balaban J connectivity index is 1.71. The van der Waals surface area contributed by atoms with Crippen LogP contribution in [0.5, 0.6) is 0 Å². The second kappa shape index (κ2) is 9.04. The van der Waals surface area contributed by atoms with Crippen molar-refractivity contribution < 1.29 is 40.5 Å². The van der Waals surface area contributed by atoms with Gasteiger partial charge in [-0.3, -0.25) is 9.00 Å². The van der Waals surface area contributed by atoms with Crippen LogP contribution < -0.4 is 5.32 Å². The Morgan fingerprint density at radius 2 is 1.76 bits per heavy atom. The number of carbonyl (C=O) groups is 1. The summed E-state index contributed by atoms with van der Waals surface area (Å²) in [7, 11) is -2.54. The molecule has 34 heavy (non-hydrogen) atoms. The molecular formula is C21H19ClF6N2O3S. The number of hydrogen-bond donors (Lipinski definition) is 2. The molecule has 0 radical (unpaired) electrons. The first-order valence-electron chi connectivity index (χ1n) is 9.80. The highest BCUT2D eigenvalue weighted by atomic mass is 35.5. The number of rotatable bonds is 7. The zero-order valence-electron chi connectivity index (χ0n) is 17.3. The maximum absolute atomic E-state index is 13.1. The minimum Gasteiger partial charge on any atom is -0.369 e. The van der Waals surface area contributed by atoms with Crippen LogP contribution in [0.4, 0.5) is 32.0 Å². The highest BCUT2D eigenvalue weighted by Gasteiger charge is 2.72. The fourth-order valence-electron chi connectivity index (χ4n) is 3.23. The SMILES string of the molecule is C=S(=O)(CC1CC1)c1ccc(CC(=O)Nc2ccc(C(O)(C(F)(F)F)C(F)(F)F)c(Cl)c2)cn1. The zero-order valence-corrected chi connectivity index (χ0v) is 18.9. The Kier molecular flexibility index (Phi) is 7.00. The monoisotopic (exact) mass is 528 g/mol. The molecule has 1 amide bonds. The largest absolute Gasteiger partial charge is 0.430 e. The topological polar surface area (TPSA) is 79.3 Å². The maximum atomic E-state index is 13.1. The molecule has 3 rings (SSSR count). The number of hydrogen-bond acceptors (Lipinski definition) is 4. The fourth-order valence-corrected chi connectivity index (χ4v) is 5.37. The molecule has 2 aromatic rings. The van der Waals surface area contributed by atoms with Crippen molar-refractivity contribution in [3.8, 4) is 0 Å². The van der Waals surface area contributed by atoms with E-state index >= 15 is 0 Å². The number of aliphatic hydroxyl groups is 1. The molecular weight excluding hydrogens is 510 g/mol. The van der Waals surface area contributed by atoms with Gasteiger partial charge < -0.3 is 10.4 Å². The van der Waals surface area contributed by atoms with Crippen LogP contribution in [0.25, 0.3) is 0 Å². The number of aromatic nitrogens is 1. The number of pyridine rings is 1. The molecule has 1 aromatic carbocycles. The molecule has 1 unspecified atom stereocenters. The minimum absolute atomic E-state index is 0.180. The Hall–Kier alpha value is -2.31. The quantitative estimate of drug-likeness (QED) is 0.403. The van der Waals surface area contributed by atoms with Gasteiger partial charge in [-0.15, -0.1) is 0 Å². The average Bonchev–Trinajstić information content (AvgIpc) is 3.49. The number of carbonyl (C=O) groups excluding carboxylic acids is 1. The minimum atomic E-state index is -6.09. The number of anilines is 1. The van der Waals surface area contributed by atoms with Crippen molar-refractivity contribution in [2.24, 2.45) is 5.92 Å². The van der Waals surface area contributed by atoms with E-state index in [-0.39, 0.29) is 12.1 Å². The summed E-state index contributed by atoms with van der Waals surface area (Å²) in [4.78, 5) is 16.4. The number of halogens is 7. The van der Waals surface area contributed by atoms with Crippen LogP contribution in [-0.4, -0.2) is 44.2 Å². The molecule has 186 valence electrons. The summed E-state index contributed by atoms with van der Waals surface area (Å²) in [6.45, 7) is 0. The zero-order chi connectivity index (χ0) is 25.5. The number of nitrogens with zero attached hydrogens (tertiary/aromatic N) is 1. The van der Waals surface area contributed by atoms with E-state index in [1.807, 2.05) is 0 Å². The van der Waals surface area contributed by atoms with Gasteiger partial charge in [-0.05, 0) is 48.4 Å². The number of benzene rings is 1. The summed E-state index contributed by atoms with van der Waals surface area (Å²) in [5.41, 5.74) is -6.55. The van der Waals surface area contributed by atoms with Crippen molar-refractivity contribution in [1.82, 2.24) is 4.98 Å². The lowest BCUT2D eigenvalue weighted by Crippen LogP contribution is -2.54. The second-order valence-electron chi connectivity index (χ2n) is 8.05. The second-order valence-corrected chi connectivity index (χ2v) is 10.8. The molecule has 13 heteroatoms. The van der Waals surface area contributed by atoms with Crippen molar-refractivity contribution in [3.63, 3.8) is 0 Å². The van der Waals surface area contributed by atoms with Gasteiger partial charge in [-0.25, -0.2) is 4.98 Å². The number of alkyl halides is 6. The van der Waals surface area contributed by atoms with Gasteiger partial charge in [-0.1, -0.05) is 23.7 Å². The molecule has 1 aliphatic carbocycles. The third kappa shape index (κ3) is 5.49. The Morgan fingerprint density at radius 1 is 1.15 bits per heavy atom. The summed E-state index contributed by atoms with van der Waals surface area (Å²) in [5, 5.41) is 11.1. The van der Waals surface area contributed by atoms with Crippen molar-refractivity contribution >= 4 is 38.6 Å². The molecule has 0 bridgehead atoms. The highest BCUT2D eigenvalue weighted by Crippen LogP contribution is 2.52. The van der Waals surface area contributed by atoms with Crippen molar-refractivity contribution in [3.05, 3.63) is 52.7 Å². The van der Waals surface area contributed by atoms with Crippen LogP contribution in [0, 0.1) is 5.92 Å². The molecule has 1 atom stereocenters. The van der Waals surface area contributed by atoms with Gasteiger partial charge >= 0.3 is 12.4 Å². The van der Waals surface area contributed by atoms with Crippen LogP contribution in [0.15, 0.2) is 41.6 Å². The standard InChI is InChI=1S/C21H19ClF6N2O3S/c1-34(33,11-12-2-3-12)18-7-4-13(10-29-18)8-17(31)30-14-5-6-15(16(22)9-14)19(32,20(23,24)25)21(26,27)28/h4-7,9-10,12,32H,1-3,8,11H2,(H,30,31). The predicted octanol–water partition coefficient (Wildman–Crippen LogP) is 4.71. The first-order chi connectivity index (χ1) is 15.5. The summed E-state index contributed by atoms with van der Waals surface area (Å²) in [5.74, 6) is 3.90. The molecule has 0 aliphatic heterocycles. The average molecular weight is 529 g/mol. The van der Waals surface area contributed by atoms with E-state index < -0.39 is 44.0 Å². The summed E-state index contributed by atoms with van der Waals surface area (Å²) in [6, 6.07) is 4.82. The smallest absolute Gasteiger partial charge is 0.369 e. The van der Waals surface area contributed by atoms with E-state index in [1.54, 1.807) is 0 Å². The van der Waals surface area contributed by atoms with Gasteiger partial charge in [-0.2, -0.15) is 26.3 Å². The normalized spacial score (nSPS) is 16.7. The van der Waals surface area contributed by atoms with Gasteiger partial charge in [0.1, 0.15) is 5.03 Å². The third-order valence-corrected chi connectivity index (χ3v) is 7.53. The van der Waals surface area contributed by atoms with Gasteiger partial charge in [0.2, 0.25) is 5.91 Å². The fraction of sp³-hybridized carbons (Fsp3) is 0.381. The van der Waals surface area contributed by atoms with Crippen LogP contribution in [0.1, 0.15) is 24.0 Å². The molecule has 1 aromatic heterocycles.